The van der Waals surface area contributed by atoms with Crippen LogP contribution >= 0.6 is 0 Å². The molecule has 1 amide bonds. The fourth-order valence-corrected chi connectivity index (χ4v) is 4.15. The van der Waals surface area contributed by atoms with E-state index >= 15 is 0 Å². The summed E-state index contributed by atoms with van der Waals surface area (Å²) in [5.74, 6) is 1.59. The monoisotopic (exact) mass is 357 g/mol. The molecule has 0 aromatic heterocycles. The van der Waals surface area contributed by atoms with Gasteiger partial charge in [0.2, 0.25) is 12.7 Å². The highest BCUT2D eigenvalue weighted by Crippen LogP contribution is 2.45. The van der Waals surface area contributed by atoms with Crippen LogP contribution in [0.2, 0.25) is 0 Å². The average molecular weight is 357 g/mol. The van der Waals surface area contributed by atoms with E-state index < -0.39 is 0 Å². The van der Waals surface area contributed by atoms with Gasteiger partial charge in [-0.1, -0.05) is 42.5 Å². The molecule has 3 aromatic carbocycles. The molecule has 0 fully saturated rings. The molecule has 134 valence electrons. The van der Waals surface area contributed by atoms with Crippen molar-refractivity contribution in [2.45, 2.75) is 12.3 Å². The first kappa shape index (κ1) is 15.9. The second-order valence-corrected chi connectivity index (χ2v) is 6.88. The molecule has 0 saturated carbocycles. The van der Waals surface area contributed by atoms with Crippen molar-refractivity contribution < 1.29 is 14.3 Å². The number of carbonyl (C=O) groups is 1. The molecular formula is C23H19NO3. The van der Waals surface area contributed by atoms with Crippen molar-refractivity contribution in [3.63, 3.8) is 0 Å². The molecule has 0 radical (unpaired) electrons. The van der Waals surface area contributed by atoms with Crippen LogP contribution in [0.15, 0.2) is 67.3 Å². The van der Waals surface area contributed by atoms with Crippen LogP contribution in [0.5, 0.6) is 11.5 Å². The number of fused-ring (bicyclic) bond motifs is 4. The van der Waals surface area contributed by atoms with Crippen LogP contribution < -0.4 is 14.4 Å². The zero-order valence-electron chi connectivity index (χ0n) is 14.9. The minimum absolute atomic E-state index is 0.0193. The standard InChI is InChI=1S/C23H19NO3/c1-2-11-24-19-9-7-15-5-3-4-6-17(15)23(19)18(13-22(24)25)16-8-10-20-21(12-16)27-14-26-20/h2-10,12,18H,1,11,13-14H2. The first-order valence-electron chi connectivity index (χ1n) is 9.08. The SMILES string of the molecule is C=CCN1C(=O)CC(c2ccc3c(c2)OCO3)c2c1ccc1ccccc21. The number of anilines is 1. The Morgan fingerprint density at radius 1 is 1.07 bits per heavy atom. The molecule has 4 nitrogen and oxygen atoms in total. The van der Waals surface area contributed by atoms with E-state index in [-0.39, 0.29) is 18.6 Å². The van der Waals surface area contributed by atoms with Gasteiger partial charge in [0, 0.05) is 24.6 Å². The van der Waals surface area contributed by atoms with Crippen LogP contribution in [-0.2, 0) is 4.79 Å². The van der Waals surface area contributed by atoms with Crippen molar-refractivity contribution in [2.75, 3.05) is 18.2 Å². The molecule has 2 aliphatic heterocycles. The maximum absolute atomic E-state index is 12.9. The Bertz CT molecular complexity index is 1070. The van der Waals surface area contributed by atoms with Crippen LogP contribution in [0.1, 0.15) is 23.5 Å². The maximum atomic E-state index is 12.9. The molecule has 2 aliphatic rings. The largest absolute Gasteiger partial charge is 0.454 e. The van der Waals surface area contributed by atoms with Gasteiger partial charge in [-0.2, -0.15) is 0 Å². The predicted molar refractivity (Wildman–Crippen MR) is 106 cm³/mol. The van der Waals surface area contributed by atoms with Gasteiger partial charge in [0.25, 0.3) is 0 Å². The quantitative estimate of drug-likeness (QED) is 0.642. The minimum atomic E-state index is -0.0193. The first-order chi connectivity index (χ1) is 13.3. The zero-order valence-corrected chi connectivity index (χ0v) is 14.9. The number of nitrogens with zero attached hydrogens (tertiary/aromatic N) is 1. The van der Waals surface area contributed by atoms with Gasteiger partial charge in [0.05, 0.1) is 0 Å². The maximum Gasteiger partial charge on any atom is 0.231 e. The minimum Gasteiger partial charge on any atom is -0.454 e. The molecule has 0 saturated heterocycles. The van der Waals surface area contributed by atoms with Crippen LogP contribution in [0.25, 0.3) is 10.8 Å². The lowest BCUT2D eigenvalue weighted by Crippen LogP contribution is -2.37. The van der Waals surface area contributed by atoms with E-state index in [0.717, 1.165) is 22.7 Å². The lowest BCUT2D eigenvalue weighted by atomic mass is 9.81. The van der Waals surface area contributed by atoms with Crippen LogP contribution in [0.3, 0.4) is 0 Å². The van der Waals surface area contributed by atoms with Crippen LogP contribution in [-0.4, -0.2) is 19.2 Å². The number of benzene rings is 3. The Labute approximate surface area is 157 Å². The second-order valence-electron chi connectivity index (χ2n) is 6.88. The summed E-state index contributed by atoms with van der Waals surface area (Å²) in [6.07, 6.45) is 2.20. The van der Waals surface area contributed by atoms with Gasteiger partial charge in [-0.15, -0.1) is 6.58 Å². The Balaban J connectivity index is 1.74. The van der Waals surface area contributed by atoms with E-state index in [1.165, 1.54) is 16.3 Å². The molecule has 0 aliphatic carbocycles. The Kier molecular flexibility index (Phi) is 3.64. The smallest absolute Gasteiger partial charge is 0.231 e. The summed E-state index contributed by atoms with van der Waals surface area (Å²) in [6.45, 7) is 4.57. The molecule has 0 spiro atoms. The van der Waals surface area contributed by atoms with Crippen LogP contribution in [0.4, 0.5) is 5.69 Å². The molecule has 4 heteroatoms. The van der Waals surface area contributed by atoms with Crippen molar-refractivity contribution in [1.82, 2.24) is 0 Å². The number of ether oxygens (including phenoxy) is 2. The Morgan fingerprint density at radius 3 is 2.81 bits per heavy atom. The summed E-state index contributed by atoms with van der Waals surface area (Å²) in [7, 11) is 0. The topological polar surface area (TPSA) is 38.8 Å². The van der Waals surface area contributed by atoms with Gasteiger partial charge < -0.3 is 14.4 Å². The number of amides is 1. The van der Waals surface area contributed by atoms with E-state index in [4.69, 9.17) is 9.47 Å². The Hall–Kier alpha value is -3.27. The third-order valence-electron chi connectivity index (χ3n) is 5.38. The summed E-state index contributed by atoms with van der Waals surface area (Å²) in [5, 5.41) is 2.36. The lowest BCUT2D eigenvalue weighted by molar-refractivity contribution is -0.119. The van der Waals surface area contributed by atoms with Gasteiger partial charge in [-0.05, 0) is 40.1 Å². The second kappa shape index (κ2) is 6.16. The fourth-order valence-electron chi connectivity index (χ4n) is 4.15. The molecule has 1 atom stereocenters. The van der Waals surface area contributed by atoms with Gasteiger partial charge in [0.15, 0.2) is 11.5 Å². The first-order valence-corrected chi connectivity index (χ1v) is 9.08. The van der Waals surface area contributed by atoms with Gasteiger partial charge in [-0.25, -0.2) is 0 Å². The third kappa shape index (κ3) is 2.48. The molecule has 0 bridgehead atoms. The normalized spacial score (nSPS) is 17.9. The lowest BCUT2D eigenvalue weighted by Gasteiger charge is -2.35. The van der Waals surface area contributed by atoms with Crippen molar-refractivity contribution in [3.8, 4) is 11.5 Å². The predicted octanol–water partition coefficient (Wildman–Crippen LogP) is 4.62. The highest BCUT2D eigenvalue weighted by Gasteiger charge is 2.33. The van der Waals surface area contributed by atoms with E-state index in [1.807, 2.05) is 35.2 Å². The number of carbonyl (C=O) groups excluding carboxylic acids is 1. The number of hydrogen-bond acceptors (Lipinski definition) is 3. The molecule has 0 N–H and O–H groups in total. The Morgan fingerprint density at radius 2 is 1.93 bits per heavy atom. The summed E-state index contributed by atoms with van der Waals surface area (Å²) >= 11 is 0. The summed E-state index contributed by atoms with van der Waals surface area (Å²) in [5.41, 5.74) is 3.23. The van der Waals surface area contributed by atoms with Gasteiger partial charge in [-0.3, -0.25) is 4.79 Å². The molecule has 3 aromatic rings. The fraction of sp³-hybridized carbons (Fsp3) is 0.174. The van der Waals surface area contributed by atoms with E-state index in [9.17, 15) is 4.79 Å². The van der Waals surface area contributed by atoms with Gasteiger partial charge >= 0.3 is 0 Å². The average Bonchev–Trinajstić information content (AvgIpc) is 3.17. The van der Waals surface area contributed by atoms with Crippen molar-refractivity contribution >= 4 is 22.4 Å². The number of hydrogen-bond donors (Lipinski definition) is 0. The highest BCUT2D eigenvalue weighted by molar-refractivity contribution is 6.03. The molecule has 1 unspecified atom stereocenters. The van der Waals surface area contributed by atoms with E-state index in [1.54, 1.807) is 6.08 Å². The third-order valence-corrected chi connectivity index (χ3v) is 5.38. The summed E-state index contributed by atoms with van der Waals surface area (Å²) < 4.78 is 11.0. The summed E-state index contributed by atoms with van der Waals surface area (Å²) in [6, 6.07) is 18.5. The highest BCUT2D eigenvalue weighted by atomic mass is 16.7. The van der Waals surface area contributed by atoms with E-state index in [2.05, 4.69) is 30.8 Å². The molecule has 2 heterocycles. The molecule has 27 heavy (non-hydrogen) atoms. The molecule has 5 rings (SSSR count). The van der Waals surface area contributed by atoms with Crippen molar-refractivity contribution in [2.24, 2.45) is 0 Å². The molecular weight excluding hydrogens is 338 g/mol. The van der Waals surface area contributed by atoms with Crippen LogP contribution in [0, 0.1) is 0 Å². The van der Waals surface area contributed by atoms with E-state index in [0.29, 0.717) is 13.0 Å². The number of rotatable bonds is 3. The van der Waals surface area contributed by atoms with Crippen molar-refractivity contribution in [3.05, 3.63) is 78.4 Å². The summed E-state index contributed by atoms with van der Waals surface area (Å²) in [4.78, 5) is 14.8. The van der Waals surface area contributed by atoms with Crippen molar-refractivity contribution in [1.29, 1.82) is 0 Å². The zero-order chi connectivity index (χ0) is 18.4. The van der Waals surface area contributed by atoms with Gasteiger partial charge in [0.1, 0.15) is 0 Å².